The van der Waals surface area contributed by atoms with E-state index in [-0.39, 0.29) is 31.5 Å². The summed E-state index contributed by atoms with van der Waals surface area (Å²) in [6.45, 7) is 6.70. The molecule has 0 fully saturated rings. The summed E-state index contributed by atoms with van der Waals surface area (Å²) >= 11 is 0. The van der Waals surface area contributed by atoms with Gasteiger partial charge in [-0.2, -0.15) is 0 Å². The molecule has 0 aliphatic carbocycles. The van der Waals surface area contributed by atoms with Crippen molar-refractivity contribution in [2.45, 2.75) is 245 Å². The van der Waals surface area contributed by atoms with Crippen LogP contribution >= 0.6 is 7.82 Å². The van der Waals surface area contributed by atoms with Crippen LogP contribution in [0.4, 0.5) is 0 Å². The largest absolute Gasteiger partial charge is 0.472 e. The van der Waals surface area contributed by atoms with Crippen molar-refractivity contribution in [3.8, 4) is 0 Å². The fraction of sp³-hybridized carbons (Fsp3) is 0.629. The number of unbranched alkanes of at least 4 members (excludes halogenated alkanes) is 22. The lowest BCUT2D eigenvalue weighted by Gasteiger charge is -2.27. The maximum Gasteiger partial charge on any atom is 0.472 e. The van der Waals surface area contributed by atoms with Crippen LogP contribution in [0.25, 0.3) is 0 Å². The topological polar surface area (TPSA) is 111 Å². The quantitative estimate of drug-likeness (QED) is 0.0156. The van der Waals surface area contributed by atoms with E-state index in [4.69, 9.17) is 13.8 Å². The molecule has 0 aliphatic rings. The van der Waals surface area contributed by atoms with Crippen LogP contribution in [0.2, 0.25) is 0 Å². The third-order valence-electron chi connectivity index (χ3n) is 13.2. The van der Waals surface area contributed by atoms with Crippen molar-refractivity contribution in [1.82, 2.24) is 5.32 Å². The van der Waals surface area contributed by atoms with Gasteiger partial charge in [-0.25, -0.2) is 4.57 Å². The number of ether oxygens (including phenoxy) is 1. The summed E-state index contributed by atoms with van der Waals surface area (Å²) in [6, 6.07) is -0.882. The molecule has 0 saturated heterocycles. The number of phosphoric ester groups is 1. The second-order valence-corrected chi connectivity index (χ2v) is 23.4. The predicted octanol–water partition coefficient (Wildman–Crippen LogP) is 19.8. The number of likely N-dealkylation sites (N-methyl/N-ethyl adjacent to an activating group) is 1. The summed E-state index contributed by atoms with van der Waals surface area (Å²) in [5.74, 6) is -0.574. The lowest BCUT2D eigenvalue weighted by Crippen LogP contribution is -2.47. The maximum atomic E-state index is 13.6. The summed E-state index contributed by atoms with van der Waals surface area (Å²) in [7, 11) is 1.44. The Bertz CT molecular complexity index is 1880. The van der Waals surface area contributed by atoms with Crippen molar-refractivity contribution in [2.75, 3.05) is 40.9 Å². The van der Waals surface area contributed by atoms with Gasteiger partial charge in [-0.1, -0.05) is 270 Å². The fourth-order valence-corrected chi connectivity index (χ4v) is 9.09. The zero-order valence-corrected chi connectivity index (χ0v) is 52.7. The second-order valence-electron chi connectivity index (χ2n) is 22.0. The molecule has 0 rings (SSSR count). The average Bonchev–Trinajstić information content (AvgIpc) is 3.42. The molecule has 80 heavy (non-hydrogen) atoms. The van der Waals surface area contributed by atoms with Crippen LogP contribution in [0.15, 0.2) is 146 Å². The van der Waals surface area contributed by atoms with Gasteiger partial charge in [-0.3, -0.25) is 18.6 Å². The Labute approximate surface area is 491 Å². The van der Waals surface area contributed by atoms with E-state index in [0.717, 1.165) is 109 Å². The van der Waals surface area contributed by atoms with Crippen LogP contribution in [-0.2, 0) is 27.9 Å². The smallest absolute Gasteiger partial charge is 0.456 e. The number of hydrogen-bond acceptors (Lipinski definition) is 6. The van der Waals surface area contributed by atoms with Gasteiger partial charge >= 0.3 is 13.8 Å². The van der Waals surface area contributed by atoms with E-state index < -0.39 is 20.0 Å². The Balaban J connectivity index is 5.27. The van der Waals surface area contributed by atoms with Gasteiger partial charge < -0.3 is 19.4 Å². The van der Waals surface area contributed by atoms with Crippen molar-refractivity contribution in [2.24, 2.45) is 0 Å². The van der Waals surface area contributed by atoms with Gasteiger partial charge in [-0.15, -0.1) is 0 Å². The zero-order chi connectivity index (χ0) is 58.6. The normalized spacial score (nSPS) is 14.6. The number of quaternary nitrogens is 1. The van der Waals surface area contributed by atoms with E-state index in [1.807, 2.05) is 94.1 Å². The standard InChI is InChI=1S/C70H117N2O7P/c1-7-10-13-16-19-22-25-28-30-32-33-34-35-36-37-38-39-41-42-44-47-50-53-56-59-62-69(73)71-67(66-78-80(75,76)77-65-64-72(4,5)6)68(61-58-55-52-49-46-27-24-21-18-15-12-9-3)79-70(74)63-60-57-54-51-48-45-43-40-31-29-26-23-20-17-14-11-8-2/h10-11,13-14,17,19-20,22-23,26,28-31,33-34,36-37,40,43,45,48,58,61,67-68H,7-9,12,15-16,18,21,24-25,27,32,35,38-39,41-42,44,46-47,49-57,59-60,62-66H2,1-6H3,(H-,71,73,75,76)/p+1/b13-10-,14-11-,20-17+,22-19-,26-23+,30-28-,31-29-,34-33-,37-36-,43-40+,48-45+,61-58-. The van der Waals surface area contributed by atoms with E-state index in [9.17, 15) is 19.0 Å². The Morgan fingerprint density at radius 2 is 0.863 bits per heavy atom. The number of nitrogens with zero attached hydrogens (tertiary/aromatic N) is 1. The molecular weight excluding hydrogens is 1010 g/mol. The molecule has 2 N–H and O–H groups in total. The molecule has 454 valence electrons. The average molecular weight is 1130 g/mol. The molecule has 3 atom stereocenters. The van der Waals surface area contributed by atoms with Crippen molar-refractivity contribution in [3.63, 3.8) is 0 Å². The van der Waals surface area contributed by atoms with Crippen LogP contribution in [0, 0.1) is 0 Å². The van der Waals surface area contributed by atoms with Gasteiger partial charge in [0.1, 0.15) is 19.3 Å². The van der Waals surface area contributed by atoms with Gasteiger partial charge in [0.2, 0.25) is 5.91 Å². The number of rotatable bonds is 55. The first kappa shape index (κ1) is 75.9. The van der Waals surface area contributed by atoms with E-state index >= 15 is 0 Å². The predicted molar refractivity (Wildman–Crippen MR) is 346 cm³/mol. The number of esters is 1. The number of allylic oxidation sites excluding steroid dienone is 23. The molecule has 0 heterocycles. The Morgan fingerprint density at radius 1 is 0.463 bits per heavy atom. The molecular formula is C70H118N2O7P+. The Hall–Kier alpha value is -4.11. The molecule has 3 unspecified atom stereocenters. The van der Waals surface area contributed by atoms with Crippen LogP contribution in [0.5, 0.6) is 0 Å². The first-order valence-electron chi connectivity index (χ1n) is 31.7. The molecule has 0 aromatic carbocycles. The molecule has 1 amide bonds. The SMILES string of the molecule is CC\C=C/C=C/C=C/C=C\C=C\C=C\CCCCCC(=O)OC(/C=C\CCCCCCCCCCCC)C(COP(=O)(O)OCC[N+](C)(C)C)NC(=O)CCCCCCCCCCC/C=C\C/C=C\C/C=C\C/C=C\C/C=C\CC. The zero-order valence-electron chi connectivity index (χ0n) is 51.8. The minimum Gasteiger partial charge on any atom is -0.456 e. The molecule has 0 aromatic heterocycles. The summed E-state index contributed by atoms with van der Waals surface area (Å²) in [5, 5.41) is 3.04. The summed E-state index contributed by atoms with van der Waals surface area (Å²) in [4.78, 5) is 37.7. The fourth-order valence-electron chi connectivity index (χ4n) is 8.35. The van der Waals surface area contributed by atoms with Crippen LogP contribution < -0.4 is 5.32 Å². The number of carbonyl (C=O) groups is 2. The number of nitrogens with one attached hydrogen (secondary N) is 1. The van der Waals surface area contributed by atoms with E-state index in [1.54, 1.807) is 0 Å². The third kappa shape index (κ3) is 58.5. The lowest BCUT2D eigenvalue weighted by molar-refractivity contribution is -0.870. The number of hydrogen-bond donors (Lipinski definition) is 2. The summed E-state index contributed by atoms with van der Waals surface area (Å²) in [5.41, 5.74) is 0. The van der Waals surface area contributed by atoms with Crippen molar-refractivity contribution in [1.29, 1.82) is 0 Å². The number of carbonyl (C=O) groups excluding carboxylic acids is 2. The molecule has 0 saturated carbocycles. The van der Waals surface area contributed by atoms with Gasteiger partial charge in [0.15, 0.2) is 0 Å². The van der Waals surface area contributed by atoms with Gasteiger partial charge in [0.05, 0.1) is 33.8 Å². The van der Waals surface area contributed by atoms with Crippen LogP contribution in [0.3, 0.4) is 0 Å². The highest BCUT2D eigenvalue weighted by molar-refractivity contribution is 7.47. The summed E-state index contributed by atoms with van der Waals surface area (Å²) < 4.78 is 30.7. The van der Waals surface area contributed by atoms with Crippen molar-refractivity contribution in [3.05, 3.63) is 146 Å². The van der Waals surface area contributed by atoms with Gasteiger partial charge in [0, 0.05) is 12.8 Å². The molecule has 0 aromatic rings. The monoisotopic (exact) mass is 1130 g/mol. The minimum absolute atomic E-state index is 0.0227. The second kappa shape index (κ2) is 58.1. The maximum absolute atomic E-state index is 13.6. The Kier molecular flexibility index (Phi) is 55.1. The third-order valence-corrected chi connectivity index (χ3v) is 14.2. The van der Waals surface area contributed by atoms with Crippen LogP contribution in [0.1, 0.15) is 233 Å². The summed E-state index contributed by atoms with van der Waals surface area (Å²) in [6.07, 6.45) is 84.2. The molecule has 0 bridgehead atoms. The number of amides is 1. The molecule has 10 heteroatoms. The number of phosphoric acid groups is 1. The highest BCUT2D eigenvalue weighted by Gasteiger charge is 2.30. The van der Waals surface area contributed by atoms with Crippen molar-refractivity contribution < 1.29 is 37.3 Å². The molecule has 0 radical (unpaired) electrons. The van der Waals surface area contributed by atoms with E-state index in [1.165, 1.54) is 83.5 Å². The molecule has 9 nitrogen and oxygen atoms in total. The Morgan fingerprint density at radius 3 is 1.36 bits per heavy atom. The minimum atomic E-state index is -4.47. The highest BCUT2D eigenvalue weighted by Crippen LogP contribution is 2.43. The van der Waals surface area contributed by atoms with E-state index in [2.05, 4.69) is 99.0 Å². The first-order chi connectivity index (χ1) is 38.9. The molecule has 0 spiro atoms. The highest BCUT2D eigenvalue weighted by atomic mass is 31.2. The van der Waals surface area contributed by atoms with Gasteiger partial charge in [0.25, 0.3) is 0 Å². The first-order valence-corrected chi connectivity index (χ1v) is 33.2. The van der Waals surface area contributed by atoms with Crippen LogP contribution in [-0.4, -0.2) is 74.3 Å². The van der Waals surface area contributed by atoms with Crippen molar-refractivity contribution >= 4 is 19.7 Å². The van der Waals surface area contributed by atoms with E-state index in [0.29, 0.717) is 23.9 Å². The molecule has 0 aliphatic heterocycles. The van der Waals surface area contributed by atoms with Gasteiger partial charge in [-0.05, 0) is 96.0 Å². The lowest BCUT2D eigenvalue weighted by atomic mass is 10.0.